The lowest BCUT2D eigenvalue weighted by Crippen LogP contribution is -2.49. The molecule has 0 aromatic heterocycles. The quantitative estimate of drug-likeness (QED) is 0.707. The van der Waals surface area contributed by atoms with Gasteiger partial charge in [-0.3, -0.25) is 9.69 Å². The van der Waals surface area contributed by atoms with Crippen LogP contribution in [0.25, 0.3) is 0 Å². The summed E-state index contributed by atoms with van der Waals surface area (Å²) in [6.45, 7) is 10.3. The first-order valence-corrected chi connectivity index (χ1v) is 12.6. The van der Waals surface area contributed by atoms with Gasteiger partial charge in [-0.05, 0) is 48.8 Å². The van der Waals surface area contributed by atoms with Crippen molar-refractivity contribution in [3.63, 3.8) is 0 Å². The summed E-state index contributed by atoms with van der Waals surface area (Å²) in [6.07, 6.45) is 4.02. The molecule has 29 heavy (non-hydrogen) atoms. The van der Waals surface area contributed by atoms with Gasteiger partial charge in [0.1, 0.15) is 0 Å². The van der Waals surface area contributed by atoms with Crippen LogP contribution in [0, 0.1) is 11.8 Å². The summed E-state index contributed by atoms with van der Waals surface area (Å²) in [7, 11) is -3.07. The number of hydrogen-bond donors (Lipinski definition) is 0. The highest BCUT2D eigenvalue weighted by atomic mass is 32.2. The molecular weight excluding hydrogens is 386 g/mol. The van der Waals surface area contributed by atoms with Crippen molar-refractivity contribution in [3.8, 4) is 0 Å². The largest absolute Gasteiger partial charge is 0.336 e. The van der Waals surface area contributed by atoms with Crippen LogP contribution in [0.1, 0.15) is 42.6 Å². The van der Waals surface area contributed by atoms with Gasteiger partial charge in [-0.2, -0.15) is 0 Å². The van der Waals surface area contributed by atoms with Crippen LogP contribution >= 0.6 is 0 Å². The lowest BCUT2D eigenvalue weighted by molar-refractivity contribution is 0.0624. The Bertz CT molecular complexity index is 776. The van der Waals surface area contributed by atoms with E-state index in [4.69, 9.17) is 0 Å². The van der Waals surface area contributed by atoms with Crippen molar-refractivity contribution in [2.24, 2.45) is 11.8 Å². The lowest BCUT2D eigenvalue weighted by Gasteiger charge is -2.35. The fourth-order valence-electron chi connectivity index (χ4n) is 4.39. The van der Waals surface area contributed by atoms with Gasteiger partial charge < -0.3 is 4.90 Å². The molecule has 2 heterocycles. The number of amides is 1. The fraction of sp³-hybridized carbons (Fsp3) is 0.682. The molecule has 0 atom stereocenters. The second-order valence-corrected chi connectivity index (χ2v) is 11.0. The minimum atomic E-state index is -3.07. The highest BCUT2D eigenvalue weighted by molar-refractivity contribution is 7.88. The predicted molar refractivity (Wildman–Crippen MR) is 116 cm³/mol. The number of carbonyl (C=O) groups is 1. The summed E-state index contributed by atoms with van der Waals surface area (Å²) in [6, 6.07) is 8.02. The van der Waals surface area contributed by atoms with Crippen molar-refractivity contribution in [1.29, 1.82) is 0 Å². The van der Waals surface area contributed by atoms with Crippen LogP contribution in [-0.4, -0.2) is 80.5 Å². The van der Waals surface area contributed by atoms with Crippen molar-refractivity contribution in [3.05, 3.63) is 35.4 Å². The molecule has 2 fully saturated rings. The number of rotatable bonds is 6. The van der Waals surface area contributed by atoms with Crippen molar-refractivity contribution < 1.29 is 13.2 Å². The Morgan fingerprint density at radius 2 is 1.59 bits per heavy atom. The summed E-state index contributed by atoms with van der Waals surface area (Å²) in [5, 5.41) is 0. The van der Waals surface area contributed by atoms with E-state index in [1.54, 1.807) is 4.31 Å². The van der Waals surface area contributed by atoms with Crippen molar-refractivity contribution in [2.45, 2.75) is 33.1 Å². The third kappa shape index (κ3) is 6.27. The zero-order chi connectivity index (χ0) is 21.0. The zero-order valence-corrected chi connectivity index (χ0v) is 18.8. The van der Waals surface area contributed by atoms with Crippen LogP contribution in [-0.2, 0) is 16.4 Å². The molecule has 0 spiro atoms. The Hall–Kier alpha value is -1.44. The zero-order valence-electron chi connectivity index (χ0n) is 18.0. The van der Waals surface area contributed by atoms with E-state index in [0.29, 0.717) is 24.9 Å². The monoisotopic (exact) mass is 421 g/mol. The second-order valence-electron chi connectivity index (χ2n) is 8.99. The first-order valence-electron chi connectivity index (χ1n) is 10.8. The maximum atomic E-state index is 12.8. The minimum Gasteiger partial charge on any atom is -0.336 e. The standard InChI is InChI=1S/C22H35N3O3S/c1-18(2)17-23-12-14-24(15-13-23)22(26)21-6-4-19(5-7-21)16-20-8-10-25(11-9-20)29(3,27)28/h4-7,18,20H,8-17H2,1-3H3. The maximum absolute atomic E-state index is 12.8. The van der Waals surface area contributed by atoms with Crippen molar-refractivity contribution in [2.75, 3.05) is 52.1 Å². The molecule has 2 aliphatic heterocycles. The van der Waals surface area contributed by atoms with Crippen LogP contribution in [0.4, 0.5) is 0 Å². The lowest BCUT2D eigenvalue weighted by atomic mass is 9.90. The number of piperazine rings is 1. The highest BCUT2D eigenvalue weighted by Gasteiger charge is 2.25. The van der Waals surface area contributed by atoms with Crippen molar-refractivity contribution >= 4 is 15.9 Å². The molecule has 2 aliphatic rings. The van der Waals surface area contributed by atoms with Crippen LogP contribution < -0.4 is 0 Å². The van der Waals surface area contributed by atoms with Gasteiger partial charge >= 0.3 is 0 Å². The Balaban J connectivity index is 1.48. The normalized spacial score (nSPS) is 20.3. The van der Waals surface area contributed by atoms with Gasteiger partial charge in [0.15, 0.2) is 0 Å². The fourth-order valence-corrected chi connectivity index (χ4v) is 5.27. The molecule has 0 unspecified atom stereocenters. The third-order valence-electron chi connectivity index (χ3n) is 6.05. The molecule has 2 saturated heterocycles. The summed E-state index contributed by atoms with van der Waals surface area (Å²) in [5.74, 6) is 1.29. The second kappa shape index (κ2) is 9.58. The molecule has 0 N–H and O–H groups in total. The number of piperidine rings is 1. The van der Waals surface area contributed by atoms with Gasteiger partial charge in [-0.15, -0.1) is 0 Å². The molecule has 1 aromatic carbocycles. The van der Waals surface area contributed by atoms with E-state index < -0.39 is 10.0 Å². The molecule has 0 radical (unpaired) electrons. The predicted octanol–water partition coefficient (Wildman–Crippen LogP) is 2.31. The van der Waals surface area contributed by atoms with Gasteiger partial charge in [0.05, 0.1) is 6.26 Å². The average molecular weight is 422 g/mol. The van der Waals surface area contributed by atoms with Gasteiger partial charge in [0.2, 0.25) is 10.0 Å². The van der Waals surface area contributed by atoms with Gasteiger partial charge in [0, 0.05) is 51.4 Å². The third-order valence-corrected chi connectivity index (χ3v) is 7.35. The number of carbonyl (C=O) groups excluding carboxylic acids is 1. The Kier molecular flexibility index (Phi) is 7.35. The Labute approximate surface area is 175 Å². The van der Waals surface area contributed by atoms with Crippen LogP contribution in [0.5, 0.6) is 0 Å². The van der Waals surface area contributed by atoms with Crippen LogP contribution in [0.3, 0.4) is 0 Å². The smallest absolute Gasteiger partial charge is 0.253 e. The summed E-state index contributed by atoms with van der Waals surface area (Å²) in [4.78, 5) is 17.2. The van der Waals surface area contributed by atoms with Gasteiger partial charge in [-0.25, -0.2) is 12.7 Å². The molecule has 6 nitrogen and oxygen atoms in total. The minimum absolute atomic E-state index is 0.127. The van der Waals surface area contributed by atoms with E-state index in [2.05, 4.69) is 30.9 Å². The van der Waals surface area contributed by atoms with E-state index in [9.17, 15) is 13.2 Å². The summed E-state index contributed by atoms with van der Waals surface area (Å²) < 4.78 is 24.8. The van der Waals surface area contributed by atoms with E-state index in [-0.39, 0.29) is 5.91 Å². The van der Waals surface area contributed by atoms with E-state index in [1.807, 2.05) is 17.0 Å². The van der Waals surface area contributed by atoms with Crippen LogP contribution in [0.2, 0.25) is 0 Å². The first-order chi connectivity index (χ1) is 13.7. The van der Waals surface area contributed by atoms with E-state index in [0.717, 1.165) is 57.5 Å². The van der Waals surface area contributed by atoms with Crippen LogP contribution in [0.15, 0.2) is 24.3 Å². The summed E-state index contributed by atoms with van der Waals surface area (Å²) >= 11 is 0. The molecule has 0 saturated carbocycles. The SMILES string of the molecule is CC(C)CN1CCN(C(=O)c2ccc(CC3CCN(S(C)(=O)=O)CC3)cc2)CC1. The Morgan fingerprint density at radius 3 is 2.10 bits per heavy atom. The molecule has 3 rings (SSSR count). The van der Waals surface area contributed by atoms with E-state index >= 15 is 0 Å². The number of hydrogen-bond acceptors (Lipinski definition) is 4. The molecule has 7 heteroatoms. The van der Waals surface area contributed by atoms with Gasteiger partial charge in [0.25, 0.3) is 5.91 Å². The highest BCUT2D eigenvalue weighted by Crippen LogP contribution is 2.23. The van der Waals surface area contributed by atoms with E-state index in [1.165, 1.54) is 11.8 Å². The number of benzene rings is 1. The average Bonchev–Trinajstić information content (AvgIpc) is 2.68. The molecule has 1 amide bonds. The molecule has 1 aromatic rings. The molecule has 162 valence electrons. The molecule has 0 bridgehead atoms. The topological polar surface area (TPSA) is 60.9 Å². The molecule has 0 aliphatic carbocycles. The molecular formula is C22H35N3O3S. The van der Waals surface area contributed by atoms with Gasteiger partial charge in [-0.1, -0.05) is 26.0 Å². The summed E-state index contributed by atoms with van der Waals surface area (Å²) in [5.41, 5.74) is 1.99. The number of sulfonamides is 1. The van der Waals surface area contributed by atoms with Crippen molar-refractivity contribution in [1.82, 2.24) is 14.1 Å². The first kappa shape index (κ1) is 22.2. The number of nitrogens with zero attached hydrogens (tertiary/aromatic N) is 3. The maximum Gasteiger partial charge on any atom is 0.253 e. The Morgan fingerprint density at radius 1 is 1.00 bits per heavy atom.